The van der Waals surface area contributed by atoms with Gasteiger partial charge in [-0.1, -0.05) is 18.2 Å². The molecule has 0 aliphatic rings. The SMILES string of the molecule is CCOc1ccccc1-c1n[nH]c(=S)n1/N=C\c1ccc(F)c(F)c1. The molecule has 0 aliphatic carbocycles. The van der Waals surface area contributed by atoms with E-state index in [1.165, 1.54) is 17.0 Å². The normalized spacial score (nSPS) is 11.2. The Hall–Kier alpha value is -2.87. The third kappa shape index (κ3) is 3.63. The third-order valence-electron chi connectivity index (χ3n) is 3.34. The Balaban J connectivity index is 2.02. The number of benzene rings is 2. The second-order valence-electron chi connectivity index (χ2n) is 5.01. The smallest absolute Gasteiger partial charge is 0.216 e. The van der Waals surface area contributed by atoms with E-state index in [0.29, 0.717) is 29.3 Å². The van der Waals surface area contributed by atoms with Gasteiger partial charge in [-0.25, -0.2) is 13.9 Å². The fourth-order valence-corrected chi connectivity index (χ4v) is 2.40. The predicted molar refractivity (Wildman–Crippen MR) is 93.4 cm³/mol. The highest BCUT2D eigenvalue weighted by molar-refractivity contribution is 7.71. The lowest BCUT2D eigenvalue weighted by Crippen LogP contribution is -1.99. The highest BCUT2D eigenvalue weighted by atomic mass is 32.1. The van der Waals surface area contributed by atoms with Crippen LogP contribution in [0.2, 0.25) is 0 Å². The van der Waals surface area contributed by atoms with E-state index in [0.717, 1.165) is 12.1 Å². The summed E-state index contributed by atoms with van der Waals surface area (Å²) in [7, 11) is 0. The first kappa shape index (κ1) is 17.0. The van der Waals surface area contributed by atoms with Crippen molar-refractivity contribution in [3.8, 4) is 17.1 Å². The molecule has 0 fully saturated rings. The molecule has 0 spiro atoms. The van der Waals surface area contributed by atoms with Crippen LogP contribution in [0.25, 0.3) is 11.4 Å². The van der Waals surface area contributed by atoms with Crippen LogP contribution in [0.4, 0.5) is 8.78 Å². The number of hydrogen-bond acceptors (Lipinski definition) is 4. The summed E-state index contributed by atoms with van der Waals surface area (Å²) in [5.41, 5.74) is 1.10. The number of H-pyrrole nitrogens is 1. The number of halogens is 2. The zero-order valence-corrected chi connectivity index (χ0v) is 14.1. The Morgan fingerprint density at radius 2 is 2.04 bits per heavy atom. The van der Waals surface area contributed by atoms with Gasteiger partial charge in [-0.3, -0.25) is 0 Å². The number of hydrogen-bond donors (Lipinski definition) is 1. The molecule has 0 radical (unpaired) electrons. The number of ether oxygens (including phenoxy) is 1. The molecule has 1 N–H and O–H groups in total. The summed E-state index contributed by atoms with van der Waals surface area (Å²) < 4.78 is 33.6. The molecule has 0 aliphatic heterocycles. The monoisotopic (exact) mass is 360 g/mol. The van der Waals surface area contributed by atoms with Crippen LogP contribution in [0.1, 0.15) is 12.5 Å². The Morgan fingerprint density at radius 1 is 1.24 bits per heavy atom. The fraction of sp³-hybridized carbons (Fsp3) is 0.118. The van der Waals surface area contributed by atoms with Crippen LogP contribution < -0.4 is 4.74 Å². The number of nitrogens with one attached hydrogen (secondary N) is 1. The lowest BCUT2D eigenvalue weighted by Gasteiger charge is -2.08. The van der Waals surface area contributed by atoms with Gasteiger partial charge in [0.05, 0.1) is 18.4 Å². The molecule has 1 aromatic heterocycles. The average Bonchev–Trinajstić information content (AvgIpc) is 2.97. The van der Waals surface area contributed by atoms with Crippen LogP contribution in [-0.4, -0.2) is 27.7 Å². The van der Waals surface area contributed by atoms with Gasteiger partial charge in [-0.15, -0.1) is 0 Å². The van der Waals surface area contributed by atoms with E-state index in [9.17, 15) is 8.78 Å². The molecular formula is C17H14F2N4OS. The van der Waals surface area contributed by atoms with Crippen LogP contribution >= 0.6 is 12.2 Å². The second-order valence-corrected chi connectivity index (χ2v) is 5.40. The Bertz CT molecular complexity index is 981. The summed E-state index contributed by atoms with van der Waals surface area (Å²) in [6.45, 7) is 2.38. The van der Waals surface area contributed by atoms with Gasteiger partial charge in [0.1, 0.15) is 5.75 Å². The lowest BCUT2D eigenvalue weighted by molar-refractivity contribution is 0.341. The molecule has 1 heterocycles. The summed E-state index contributed by atoms with van der Waals surface area (Å²) >= 11 is 5.20. The van der Waals surface area contributed by atoms with Crippen molar-refractivity contribution in [3.63, 3.8) is 0 Å². The van der Waals surface area contributed by atoms with Crippen LogP contribution in [0.15, 0.2) is 47.6 Å². The van der Waals surface area contributed by atoms with Crippen LogP contribution in [0, 0.1) is 16.4 Å². The topological polar surface area (TPSA) is 55.2 Å². The molecule has 3 rings (SSSR count). The molecule has 3 aromatic rings. The van der Waals surface area contributed by atoms with Crippen molar-refractivity contribution in [1.82, 2.24) is 14.9 Å². The van der Waals surface area contributed by atoms with Gasteiger partial charge in [0, 0.05) is 0 Å². The lowest BCUT2D eigenvalue weighted by atomic mass is 10.2. The number of aromatic nitrogens is 3. The van der Waals surface area contributed by atoms with E-state index in [4.69, 9.17) is 17.0 Å². The molecule has 128 valence electrons. The minimum Gasteiger partial charge on any atom is -0.493 e. The van der Waals surface area contributed by atoms with E-state index in [-0.39, 0.29) is 4.77 Å². The summed E-state index contributed by atoms with van der Waals surface area (Å²) in [6, 6.07) is 10.9. The maximum absolute atomic E-state index is 13.3. The van der Waals surface area contributed by atoms with E-state index in [1.54, 1.807) is 0 Å². The van der Waals surface area contributed by atoms with Gasteiger partial charge in [-0.05, 0) is 49.0 Å². The minimum atomic E-state index is -0.943. The van der Waals surface area contributed by atoms with Crippen molar-refractivity contribution in [1.29, 1.82) is 0 Å². The zero-order chi connectivity index (χ0) is 17.8. The number of aromatic amines is 1. The van der Waals surface area contributed by atoms with E-state index < -0.39 is 11.6 Å². The molecule has 0 saturated heterocycles. The van der Waals surface area contributed by atoms with Crippen LogP contribution in [-0.2, 0) is 0 Å². The van der Waals surface area contributed by atoms with Crippen molar-refractivity contribution in [2.24, 2.45) is 5.10 Å². The predicted octanol–water partition coefficient (Wildman–Crippen LogP) is 4.17. The van der Waals surface area contributed by atoms with Crippen molar-refractivity contribution < 1.29 is 13.5 Å². The third-order valence-corrected chi connectivity index (χ3v) is 3.61. The van der Waals surface area contributed by atoms with Gasteiger partial charge in [0.2, 0.25) is 4.77 Å². The molecule has 2 aromatic carbocycles. The number of rotatable bonds is 5. The molecule has 0 bridgehead atoms. The van der Waals surface area contributed by atoms with Crippen LogP contribution in [0.3, 0.4) is 0 Å². The summed E-state index contributed by atoms with van der Waals surface area (Å²) in [5.74, 6) is -0.763. The van der Waals surface area contributed by atoms with Gasteiger partial charge >= 0.3 is 0 Å². The van der Waals surface area contributed by atoms with Crippen molar-refractivity contribution in [2.75, 3.05) is 6.61 Å². The first-order valence-corrected chi connectivity index (χ1v) is 7.90. The van der Waals surface area contributed by atoms with Crippen molar-refractivity contribution >= 4 is 18.4 Å². The molecule has 5 nitrogen and oxygen atoms in total. The average molecular weight is 360 g/mol. The van der Waals surface area contributed by atoms with Gasteiger partial charge in [-0.2, -0.15) is 14.9 Å². The van der Waals surface area contributed by atoms with Gasteiger partial charge in [0.15, 0.2) is 17.5 Å². The Kier molecular flexibility index (Phi) is 4.99. The van der Waals surface area contributed by atoms with Crippen LogP contribution in [0.5, 0.6) is 5.75 Å². The zero-order valence-electron chi connectivity index (χ0n) is 13.2. The van der Waals surface area contributed by atoms with Crippen molar-refractivity contribution in [2.45, 2.75) is 6.92 Å². The minimum absolute atomic E-state index is 0.264. The molecule has 0 amide bonds. The summed E-state index contributed by atoms with van der Waals surface area (Å²) in [4.78, 5) is 0. The van der Waals surface area contributed by atoms with Crippen molar-refractivity contribution in [3.05, 3.63) is 64.4 Å². The molecule has 0 atom stereocenters. The maximum atomic E-state index is 13.3. The summed E-state index contributed by atoms with van der Waals surface area (Å²) in [6.07, 6.45) is 1.38. The quantitative estimate of drug-likeness (QED) is 0.549. The van der Waals surface area contributed by atoms with Gasteiger partial charge < -0.3 is 4.74 Å². The van der Waals surface area contributed by atoms with E-state index in [1.807, 2.05) is 31.2 Å². The molecule has 0 unspecified atom stereocenters. The Labute approximate surface area is 147 Å². The van der Waals surface area contributed by atoms with E-state index >= 15 is 0 Å². The van der Waals surface area contributed by atoms with E-state index in [2.05, 4.69) is 15.3 Å². The Morgan fingerprint density at radius 3 is 2.80 bits per heavy atom. The standard InChI is InChI=1S/C17H14F2N4OS/c1-2-24-15-6-4-3-5-12(15)16-21-22-17(25)23(16)20-10-11-7-8-13(18)14(19)9-11/h3-10H,2H2,1H3,(H,22,25)/b20-10-. The summed E-state index contributed by atoms with van der Waals surface area (Å²) in [5, 5.41) is 11.1. The largest absolute Gasteiger partial charge is 0.493 e. The maximum Gasteiger partial charge on any atom is 0.216 e. The number of nitrogens with zero attached hydrogens (tertiary/aromatic N) is 3. The fourth-order valence-electron chi connectivity index (χ4n) is 2.22. The highest BCUT2D eigenvalue weighted by Gasteiger charge is 2.13. The molecular weight excluding hydrogens is 346 g/mol. The number of para-hydroxylation sites is 1. The van der Waals surface area contributed by atoms with Gasteiger partial charge in [0.25, 0.3) is 0 Å². The first-order chi connectivity index (χ1) is 12.1. The highest BCUT2D eigenvalue weighted by Crippen LogP contribution is 2.28. The molecule has 25 heavy (non-hydrogen) atoms. The molecule has 8 heteroatoms. The molecule has 0 saturated carbocycles. The second kappa shape index (κ2) is 7.35. The first-order valence-electron chi connectivity index (χ1n) is 7.49.